The van der Waals surface area contributed by atoms with Crippen molar-refractivity contribution in [2.45, 2.75) is 81.3 Å². The summed E-state index contributed by atoms with van der Waals surface area (Å²) in [6.07, 6.45) is 9.43. The van der Waals surface area contributed by atoms with Gasteiger partial charge >= 0.3 is 0 Å². The molecule has 1 aliphatic rings. The molecule has 1 saturated carbocycles. The lowest BCUT2D eigenvalue weighted by molar-refractivity contribution is -0.120. The largest absolute Gasteiger partial charge is 0.461 e. The summed E-state index contributed by atoms with van der Waals surface area (Å²) in [4.78, 5) is 12.9. The van der Waals surface area contributed by atoms with Crippen LogP contribution in [0.3, 0.4) is 0 Å². The molecule has 1 aliphatic carbocycles. The van der Waals surface area contributed by atoms with Crippen molar-refractivity contribution in [1.29, 1.82) is 0 Å². The quantitative estimate of drug-likeness (QED) is 0.424. The maximum Gasteiger partial charge on any atom is 0.233 e. The highest BCUT2D eigenvalue weighted by molar-refractivity contribution is 8.00. The SMILES string of the molecule is CC(CCc1ccccc1)NC(=O)C(C)Sc1nnc(-c2ccco2)n1C1CCCCC1. The zero-order valence-electron chi connectivity index (χ0n) is 18.9. The number of carbonyl (C=O) groups excluding carboxylic acids is 1. The molecule has 0 aliphatic heterocycles. The minimum Gasteiger partial charge on any atom is -0.461 e. The highest BCUT2D eigenvalue weighted by Crippen LogP contribution is 2.36. The molecular formula is C25H32N4O2S. The number of aryl methyl sites for hydroxylation is 1. The fourth-order valence-corrected chi connectivity index (χ4v) is 5.20. The van der Waals surface area contributed by atoms with Crippen LogP contribution in [0.5, 0.6) is 0 Å². The van der Waals surface area contributed by atoms with Gasteiger partial charge < -0.3 is 9.73 Å². The van der Waals surface area contributed by atoms with Gasteiger partial charge in [0.15, 0.2) is 10.9 Å². The Morgan fingerprint density at radius 1 is 1.12 bits per heavy atom. The normalized spacial score (nSPS) is 16.6. The Labute approximate surface area is 194 Å². The summed E-state index contributed by atoms with van der Waals surface area (Å²) >= 11 is 1.48. The van der Waals surface area contributed by atoms with Gasteiger partial charge in [-0.3, -0.25) is 9.36 Å². The highest BCUT2D eigenvalue weighted by Gasteiger charge is 2.27. The van der Waals surface area contributed by atoms with Crippen LogP contribution < -0.4 is 5.32 Å². The Morgan fingerprint density at radius 2 is 1.91 bits per heavy atom. The van der Waals surface area contributed by atoms with Crippen LogP contribution in [0.1, 0.15) is 64.0 Å². The van der Waals surface area contributed by atoms with Crippen molar-refractivity contribution in [3.8, 4) is 11.6 Å². The van der Waals surface area contributed by atoms with Crippen molar-refractivity contribution in [3.63, 3.8) is 0 Å². The Hall–Kier alpha value is -2.54. The molecule has 2 unspecified atom stereocenters. The van der Waals surface area contributed by atoms with Crippen LogP contribution in [0.15, 0.2) is 58.3 Å². The maximum atomic E-state index is 12.9. The summed E-state index contributed by atoms with van der Waals surface area (Å²) in [5.74, 6) is 1.52. The maximum absolute atomic E-state index is 12.9. The van der Waals surface area contributed by atoms with E-state index < -0.39 is 0 Å². The average molecular weight is 453 g/mol. The van der Waals surface area contributed by atoms with E-state index in [2.05, 4.69) is 51.3 Å². The van der Waals surface area contributed by atoms with Gasteiger partial charge in [0.25, 0.3) is 0 Å². The summed E-state index contributed by atoms with van der Waals surface area (Å²) < 4.78 is 7.82. The second-order valence-electron chi connectivity index (χ2n) is 8.64. The molecule has 1 amide bonds. The second kappa shape index (κ2) is 10.9. The number of thioether (sulfide) groups is 1. The number of nitrogens with zero attached hydrogens (tertiary/aromatic N) is 3. The van der Waals surface area contributed by atoms with Crippen LogP contribution in [-0.2, 0) is 11.2 Å². The predicted octanol–water partition coefficient (Wildman–Crippen LogP) is 5.66. The molecule has 2 heterocycles. The van der Waals surface area contributed by atoms with E-state index in [1.165, 1.54) is 36.6 Å². The van der Waals surface area contributed by atoms with E-state index in [1.54, 1.807) is 6.26 Å². The first-order valence-corrected chi connectivity index (χ1v) is 12.5. The van der Waals surface area contributed by atoms with Gasteiger partial charge in [0.1, 0.15) is 0 Å². The smallest absolute Gasteiger partial charge is 0.233 e. The average Bonchev–Trinajstić information content (AvgIpc) is 3.49. The van der Waals surface area contributed by atoms with Gasteiger partial charge in [-0.05, 0) is 57.2 Å². The molecule has 1 aromatic carbocycles. The first-order valence-electron chi connectivity index (χ1n) is 11.6. The first-order chi connectivity index (χ1) is 15.6. The van der Waals surface area contributed by atoms with E-state index in [0.717, 1.165) is 42.4 Å². The fourth-order valence-electron chi connectivity index (χ4n) is 4.27. The van der Waals surface area contributed by atoms with Gasteiger partial charge in [-0.25, -0.2) is 0 Å². The summed E-state index contributed by atoms with van der Waals surface area (Å²) in [6, 6.07) is 14.6. The number of aromatic nitrogens is 3. The standard InChI is InChI=1S/C25H32N4O2S/c1-18(15-16-20-10-5-3-6-11-20)26-24(30)19(2)32-25-28-27-23(22-14-9-17-31-22)29(25)21-12-7-4-8-13-21/h3,5-6,9-11,14,17-19,21H,4,7-8,12-13,15-16H2,1-2H3,(H,26,30). The Kier molecular flexibility index (Phi) is 7.68. The number of benzene rings is 1. The second-order valence-corrected chi connectivity index (χ2v) is 9.95. The first kappa shape index (κ1) is 22.6. The lowest BCUT2D eigenvalue weighted by Gasteiger charge is -2.25. The molecule has 1 N–H and O–H groups in total. The van der Waals surface area contributed by atoms with Crippen LogP contribution in [0.2, 0.25) is 0 Å². The molecule has 0 bridgehead atoms. The van der Waals surface area contributed by atoms with Gasteiger partial charge in [-0.2, -0.15) is 0 Å². The van der Waals surface area contributed by atoms with Gasteiger partial charge in [0.05, 0.1) is 11.5 Å². The molecule has 4 rings (SSSR count). The van der Waals surface area contributed by atoms with Crippen molar-refractivity contribution in [1.82, 2.24) is 20.1 Å². The molecule has 0 spiro atoms. The third-order valence-electron chi connectivity index (χ3n) is 6.09. The van der Waals surface area contributed by atoms with Crippen LogP contribution >= 0.6 is 11.8 Å². The molecule has 7 heteroatoms. The van der Waals surface area contributed by atoms with Crippen LogP contribution in [0.25, 0.3) is 11.6 Å². The summed E-state index contributed by atoms with van der Waals surface area (Å²) in [6.45, 7) is 4.01. The third kappa shape index (κ3) is 5.63. The molecule has 2 aromatic heterocycles. The van der Waals surface area contributed by atoms with Crippen molar-refractivity contribution in [3.05, 3.63) is 54.3 Å². The van der Waals surface area contributed by atoms with Crippen LogP contribution in [-0.4, -0.2) is 32.0 Å². The number of nitrogens with one attached hydrogen (secondary N) is 1. The van der Waals surface area contributed by atoms with E-state index in [1.807, 2.05) is 25.1 Å². The van der Waals surface area contributed by atoms with Gasteiger partial charge in [-0.15, -0.1) is 10.2 Å². The van der Waals surface area contributed by atoms with Gasteiger partial charge in [0.2, 0.25) is 11.7 Å². The van der Waals surface area contributed by atoms with Crippen molar-refractivity contribution in [2.24, 2.45) is 0 Å². The van der Waals surface area contributed by atoms with Gasteiger partial charge in [-0.1, -0.05) is 61.4 Å². The molecule has 6 nitrogen and oxygen atoms in total. The number of carbonyl (C=O) groups is 1. The van der Waals surface area contributed by atoms with Crippen molar-refractivity contribution < 1.29 is 9.21 Å². The predicted molar refractivity (Wildman–Crippen MR) is 128 cm³/mol. The monoisotopic (exact) mass is 452 g/mol. The number of hydrogen-bond acceptors (Lipinski definition) is 5. The molecule has 2 atom stereocenters. The minimum absolute atomic E-state index is 0.0355. The van der Waals surface area contributed by atoms with Crippen LogP contribution in [0, 0.1) is 0 Å². The zero-order valence-corrected chi connectivity index (χ0v) is 19.7. The van der Waals surface area contributed by atoms with E-state index in [9.17, 15) is 4.79 Å². The Bertz CT molecular complexity index is 981. The number of hydrogen-bond donors (Lipinski definition) is 1. The van der Waals surface area contributed by atoms with Gasteiger partial charge in [0, 0.05) is 12.1 Å². The topological polar surface area (TPSA) is 73.0 Å². The summed E-state index contributed by atoms with van der Waals surface area (Å²) in [5, 5.41) is 12.6. The van der Waals surface area contributed by atoms with E-state index in [0.29, 0.717) is 6.04 Å². The van der Waals surface area contributed by atoms with Crippen LogP contribution in [0.4, 0.5) is 0 Å². The van der Waals surface area contributed by atoms with E-state index in [-0.39, 0.29) is 17.2 Å². The minimum atomic E-state index is -0.259. The molecule has 0 radical (unpaired) electrons. The molecule has 3 aromatic rings. The number of amides is 1. The lowest BCUT2D eigenvalue weighted by atomic mass is 9.95. The van der Waals surface area contributed by atoms with E-state index in [4.69, 9.17) is 4.42 Å². The fraction of sp³-hybridized carbons (Fsp3) is 0.480. The summed E-state index contributed by atoms with van der Waals surface area (Å²) in [5.41, 5.74) is 1.29. The molecular weight excluding hydrogens is 420 g/mol. The van der Waals surface area contributed by atoms with Crippen molar-refractivity contribution in [2.75, 3.05) is 0 Å². The van der Waals surface area contributed by atoms with Crippen molar-refractivity contribution >= 4 is 17.7 Å². The lowest BCUT2D eigenvalue weighted by Crippen LogP contribution is -2.38. The Morgan fingerprint density at radius 3 is 2.62 bits per heavy atom. The zero-order chi connectivity index (χ0) is 22.3. The highest BCUT2D eigenvalue weighted by atomic mass is 32.2. The number of furan rings is 1. The molecule has 170 valence electrons. The molecule has 1 fully saturated rings. The third-order valence-corrected chi connectivity index (χ3v) is 7.15. The number of rotatable bonds is 9. The van der Waals surface area contributed by atoms with E-state index >= 15 is 0 Å². The summed E-state index contributed by atoms with van der Waals surface area (Å²) in [7, 11) is 0. The molecule has 0 saturated heterocycles. The molecule has 32 heavy (non-hydrogen) atoms. The Balaban J connectivity index is 1.40.